The van der Waals surface area contributed by atoms with Crippen molar-refractivity contribution in [2.75, 3.05) is 40.4 Å². The molecule has 0 saturated carbocycles. The summed E-state index contributed by atoms with van der Waals surface area (Å²) in [4.78, 5) is 31.3. The molecule has 0 spiro atoms. The molecule has 1 aromatic heterocycles. The van der Waals surface area contributed by atoms with Crippen LogP contribution in [0.4, 0.5) is 0 Å². The molecule has 1 fully saturated rings. The van der Waals surface area contributed by atoms with Crippen molar-refractivity contribution in [2.24, 2.45) is 0 Å². The lowest BCUT2D eigenvalue weighted by Gasteiger charge is -2.34. The smallest absolute Gasteiger partial charge is 0.264 e. The zero-order valence-corrected chi connectivity index (χ0v) is 17.6. The summed E-state index contributed by atoms with van der Waals surface area (Å²) in [6, 6.07) is 7.18. The predicted octanol–water partition coefficient (Wildman–Crippen LogP) is 3.23. The van der Waals surface area contributed by atoms with Crippen molar-refractivity contribution in [1.82, 2.24) is 9.80 Å². The Balaban J connectivity index is 1.66. The Bertz CT molecular complexity index is 869. The summed E-state index contributed by atoms with van der Waals surface area (Å²) in [6.07, 6.45) is 0.932. The van der Waals surface area contributed by atoms with E-state index in [0.717, 1.165) is 11.3 Å². The number of rotatable bonds is 5. The molecular weight excluding hydrogens is 376 g/mol. The molecule has 0 atom stereocenters. The van der Waals surface area contributed by atoms with Gasteiger partial charge in [-0.2, -0.15) is 0 Å². The van der Waals surface area contributed by atoms with Gasteiger partial charge in [0.15, 0.2) is 0 Å². The molecule has 0 N–H and O–H groups in total. The highest BCUT2D eigenvalue weighted by molar-refractivity contribution is 7.14. The first-order valence-corrected chi connectivity index (χ1v) is 10.2. The van der Waals surface area contributed by atoms with Crippen molar-refractivity contribution >= 4 is 23.2 Å². The number of thiophene rings is 1. The van der Waals surface area contributed by atoms with Crippen molar-refractivity contribution in [2.45, 2.75) is 20.3 Å². The van der Waals surface area contributed by atoms with E-state index in [4.69, 9.17) is 9.47 Å². The SMILES string of the molecule is CCc1cc(C(=O)N2CCN(C(=O)c3ccc(OC)cc3OC)CC2)sc1C. The van der Waals surface area contributed by atoms with Gasteiger partial charge in [-0.05, 0) is 37.1 Å². The monoisotopic (exact) mass is 402 g/mol. The molecular formula is C21H26N2O4S. The van der Waals surface area contributed by atoms with Crippen LogP contribution in [0.3, 0.4) is 0 Å². The summed E-state index contributed by atoms with van der Waals surface area (Å²) in [6.45, 7) is 6.22. The minimum absolute atomic E-state index is 0.0573. The van der Waals surface area contributed by atoms with Crippen molar-refractivity contribution in [3.8, 4) is 11.5 Å². The van der Waals surface area contributed by atoms with Crippen LogP contribution in [0, 0.1) is 6.92 Å². The molecule has 0 aliphatic carbocycles. The van der Waals surface area contributed by atoms with Crippen molar-refractivity contribution in [1.29, 1.82) is 0 Å². The fourth-order valence-electron chi connectivity index (χ4n) is 3.39. The molecule has 0 unspecified atom stereocenters. The third-order valence-electron chi connectivity index (χ3n) is 5.11. The average Bonchev–Trinajstić information content (AvgIpc) is 3.12. The standard InChI is InChI=1S/C21H26N2O4S/c1-5-15-12-19(28-14(15)2)21(25)23-10-8-22(9-11-23)20(24)17-7-6-16(26-3)13-18(17)27-4/h6-7,12-13H,5,8-11H2,1-4H3. The molecule has 150 valence electrons. The lowest BCUT2D eigenvalue weighted by molar-refractivity contribution is 0.0536. The Morgan fingerprint density at radius 1 is 1.00 bits per heavy atom. The molecule has 2 heterocycles. The van der Waals surface area contributed by atoms with Crippen molar-refractivity contribution < 1.29 is 19.1 Å². The second kappa shape index (κ2) is 8.65. The molecule has 1 saturated heterocycles. The first-order valence-electron chi connectivity index (χ1n) is 9.38. The molecule has 28 heavy (non-hydrogen) atoms. The largest absolute Gasteiger partial charge is 0.497 e. The summed E-state index contributed by atoms with van der Waals surface area (Å²) in [5.74, 6) is 1.10. The highest BCUT2D eigenvalue weighted by atomic mass is 32.1. The van der Waals surface area contributed by atoms with Crippen LogP contribution in [0.15, 0.2) is 24.3 Å². The Morgan fingerprint density at radius 2 is 1.64 bits per heavy atom. The molecule has 0 bridgehead atoms. The summed E-state index contributed by atoms with van der Waals surface area (Å²) in [5, 5.41) is 0. The lowest BCUT2D eigenvalue weighted by atomic mass is 10.1. The summed E-state index contributed by atoms with van der Waals surface area (Å²) >= 11 is 1.55. The van der Waals surface area contributed by atoms with Crippen LogP contribution >= 0.6 is 11.3 Å². The maximum Gasteiger partial charge on any atom is 0.264 e. The molecule has 1 aliphatic rings. The van der Waals surface area contributed by atoms with Gasteiger partial charge in [-0.1, -0.05) is 6.92 Å². The number of piperazine rings is 1. The number of hydrogen-bond acceptors (Lipinski definition) is 5. The molecule has 3 rings (SSSR count). The van der Waals surface area contributed by atoms with Gasteiger partial charge in [0, 0.05) is 37.1 Å². The Morgan fingerprint density at radius 3 is 2.18 bits per heavy atom. The zero-order valence-electron chi connectivity index (χ0n) is 16.8. The van der Waals surface area contributed by atoms with E-state index in [9.17, 15) is 9.59 Å². The molecule has 2 aromatic rings. The van der Waals surface area contributed by atoms with Crippen LogP contribution in [-0.2, 0) is 6.42 Å². The van der Waals surface area contributed by atoms with E-state index in [0.29, 0.717) is 43.2 Å². The highest BCUT2D eigenvalue weighted by Crippen LogP contribution is 2.27. The van der Waals surface area contributed by atoms with Gasteiger partial charge in [-0.15, -0.1) is 11.3 Å². The van der Waals surface area contributed by atoms with Crippen molar-refractivity contribution in [3.63, 3.8) is 0 Å². The third-order valence-corrected chi connectivity index (χ3v) is 6.19. The molecule has 2 amide bonds. The number of nitrogens with zero attached hydrogens (tertiary/aromatic N) is 2. The quantitative estimate of drug-likeness (QED) is 0.770. The second-order valence-corrected chi connectivity index (χ2v) is 7.95. The van der Waals surface area contributed by atoms with Gasteiger partial charge in [0.25, 0.3) is 11.8 Å². The van der Waals surface area contributed by atoms with Crippen LogP contribution in [-0.4, -0.2) is 62.0 Å². The van der Waals surface area contributed by atoms with E-state index < -0.39 is 0 Å². The fraction of sp³-hybridized carbons (Fsp3) is 0.429. The van der Waals surface area contributed by atoms with Gasteiger partial charge in [-0.3, -0.25) is 9.59 Å². The number of carbonyl (C=O) groups is 2. The van der Waals surface area contributed by atoms with Crippen LogP contribution in [0.1, 0.15) is 37.4 Å². The zero-order chi connectivity index (χ0) is 20.3. The van der Waals surface area contributed by atoms with Gasteiger partial charge in [0.2, 0.25) is 0 Å². The number of ether oxygens (including phenoxy) is 2. The summed E-state index contributed by atoms with van der Waals surface area (Å²) in [7, 11) is 3.11. The van der Waals surface area contributed by atoms with Gasteiger partial charge < -0.3 is 19.3 Å². The Hall–Kier alpha value is -2.54. The number of amides is 2. The maximum absolute atomic E-state index is 12.9. The minimum atomic E-state index is -0.0909. The molecule has 6 nitrogen and oxygen atoms in total. The minimum Gasteiger partial charge on any atom is -0.497 e. The number of aryl methyl sites for hydroxylation is 2. The van der Waals surface area contributed by atoms with Gasteiger partial charge in [0.05, 0.1) is 24.7 Å². The highest BCUT2D eigenvalue weighted by Gasteiger charge is 2.28. The van der Waals surface area contributed by atoms with Crippen LogP contribution in [0.25, 0.3) is 0 Å². The number of hydrogen-bond donors (Lipinski definition) is 0. The predicted molar refractivity (Wildman–Crippen MR) is 110 cm³/mol. The number of carbonyl (C=O) groups excluding carboxylic acids is 2. The van der Waals surface area contributed by atoms with E-state index >= 15 is 0 Å². The Kier molecular flexibility index (Phi) is 6.24. The van der Waals surface area contributed by atoms with E-state index in [1.165, 1.54) is 17.6 Å². The first-order chi connectivity index (χ1) is 13.5. The van der Waals surface area contributed by atoms with Gasteiger partial charge >= 0.3 is 0 Å². The summed E-state index contributed by atoms with van der Waals surface area (Å²) < 4.78 is 10.5. The topological polar surface area (TPSA) is 59.1 Å². The summed E-state index contributed by atoms with van der Waals surface area (Å²) in [5.41, 5.74) is 1.73. The van der Waals surface area contributed by atoms with Crippen LogP contribution in [0.5, 0.6) is 11.5 Å². The second-order valence-electron chi connectivity index (χ2n) is 6.70. The molecule has 7 heteroatoms. The third kappa shape index (κ3) is 3.99. The van der Waals surface area contributed by atoms with Crippen molar-refractivity contribution in [3.05, 3.63) is 45.1 Å². The van der Waals surface area contributed by atoms with E-state index in [1.807, 2.05) is 11.0 Å². The van der Waals surface area contributed by atoms with E-state index in [2.05, 4.69) is 13.8 Å². The number of methoxy groups -OCH3 is 2. The van der Waals surface area contributed by atoms with Gasteiger partial charge in [-0.25, -0.2) is 0 Å². The maximum atomic E-state index is 12.9. The molecule has 1 aromatic carbocycles. The van der Waals surface area contributed by atoms with E-state index in [1.54, 1.807) is 41.5 Å². The van der Waals surface area contributed by atoms with Gasteiger partial charge in [0.1, 0.15) is 11.5 Å². The molecule has 1 aliphatic heterocycles. The number of benzene rings is 1. The average molecular weight is 403 g/mol. The lowest BCUT2D eigenvalue weighted by Crippen LogP contribution is -2.50. The van der Waals surface area contributed by atoms with E-state index in [-0.39, 0.29) is 11.8 Å². The Labute approximate surface area is 169 Å². The normalized spacial score (nSPS) is 14.1. The van der Waals surface area contributed by atoms with Crippen LogP contribution < -0.4 is 9.47 Å². The molecule has 0 radical (unpaired) electrons. The first kappa shape index (κ1) is 20.2. The fourth-order valence-corrected chi connectivity index (χ4v) is 4.47. The van der Waals surface area contributed by atoms with Crippen LogP contribution in [0.2, 0.25) is 0 Å².